The molecule has 28 heavy (non-hydrogen) atoms. The van der Waals surface area contributed by atoms with E-state index in [0.29, 0.717) is 22.8 Å². The summed E-state index contributed by atoms with van der Waals surface area (Å²) in [6, 6.07) is 11.3. The first-order chi connectivity index (χ1) is 13.7. The maximum atomic E-state index is 12.5. The lowest BCUT2D eigenvalue weighted by atomic mass is 10.1. The van der Waals surface area contributed by atoms with E-state index in [2.05, 4.69) is 4.90 Å². The van der Waals surface area contributed by atoms with Gasteiger partial charge >= 0.3 is 0 Å². The van der Waals surface area contributed by atoms with Gasteiger partial charge in [-0.25, -0.2) is 0 Å². The van der Waals surface area contributed by atoms with E-state index < -0.39 is 0 Å². The first kappa shape index (κ1) is 19.8. The average Bonchev–Trinajstić information content (AvgIpc) is 2.77. The Bertz CT molecular complexity index is 814. The summed E-state index contributed by atoms with van der Waals surface area (Å²) in [7, 11) is 4.68. The van der Waals surface area contributed by atoms with Gasteiger partial charge in [0, 0.05) is 24.3 Å². The molecule has 3 rings (SSSR count). The van der Waals surface area contributed by atoms with Crippen LogP contribution in [0.2, 0.25) is 0 Å². The van der Waals surface area contributed by atoms with Crippen LogP contribution in [0.5, 0.6) is 17.2 Å². The van der Waals surface area contributed by atoms with Gasteiger partial charge in [-0.3, -0.25) is 4.79 Å². The Kier molecular flexibility index (Phi) is 6.55. The minimum atomic E-state index is -0.0673. The average molecular weight is 383 g/mol. The van der Waals surface area contributed by atoms with Crippen LogP contribution in [-0.4, -0.2) is 53.4 Å². The minimum absolute atomic E-state index is 0.0673. The largest absolute Gasteiger partial charge is 0.493 e. The fraction of sp³-hybridized carbons (Fsp3) is 0.318. The predicted molar refractivity (Wildman–Crippen MR) is 109 cm³/mol. The number of benzene rings is 2. The smallest absolute Gasteiger partial charge is 0.203 e. The standard InChI is InChI=1S/C22H25NO5/c1-25-20-14-16(15-21(26-2)22(20)27-3)4-9-19(24)17-5-7-18(8-6-17)23-10-12-28-13-11-23/h4-9,14-15H,10-13H2,1-3H3/b9-4+. The van der Waals surface area contributed by atoms with E-state index in [1.54, 1.807) is 45.6 Å². The number of rotatable bonds is 7. The second-order valence-electron chi connectivity index (χ2n) is 6.30. The molecule has 0 aromatic heterocycles. The van der Waals surface area contributed by atoms with Crippen LogP contribution in [-0.2, 0) is 4.74 Å². The highest BCUT2D eigenvalue weighted by molar-refractivity contribution is 6.07. The highest BCUT2D eigenvalue weighted by Crippen LogP contribution is 2.38. The molecule has 1 heterocycles. The lowest BCUT2D eigenvalue weighted by Crippen LogP contribution is -2.36. The number of carbonyl (C=O) groups excluding carboxylic acids is 1. The van der Waals surface area contributed by atoms with Crippen LogP contribution in [0.15, 0.2) is 42.5 Å². The number of nitrogens with zero attached hydrogens (tertiary/aromatic N) is 1. The van der Waals surface area contributed by atoms with Gasteiger partial charge in [-0.2, -0.15) is 0 Å². The number of hydrogen-bond donors (Lipinski definition) is 0. The Morgan fingerprint density at radius 1 is 0.964 bits per heavy atom. The van der Waals surface area contributed by atoms with Crippen molar-refractivity contribution in [2.75, 3.05) is 52.5 Å². The summed E-state index contributed by atoms with van der Waals surface area (Å²) in [6.45, 7) is 3.21. The van der Waals surface area contributed by atoms with Crippen LogP contribution in [0.3, 0.4) is 0 Å². The summed E-state index contributed by atoms with van der Waals surface area (Å²) in [5.74, 6) is 1.54. The fourth-order valence-corrected chi connectivity index (χ4v) is 3.12. The van der Waals surface area contributed by atoms with Gasteiger partial charge in [0.2, 0.25) is 5.75 Å². The van der Waals surface area contributed by atoms with Gasteiger partial charge in [0.1, 0.15) is 0 Å². The highest BCUT2D eigenvalue weighted by Gasteiger charge is 2.13. The summed E-state index contributed by atoms with van der Waals surface area (Å²) in [6.07, 6.45) is 3.28. The molecule has 1 aliphatic heterocycles. The van der Waals surface area contributed by atoms with Gasteiger partial charge in [-0.15, -0.1) is 0 Å². The molecule has 0 aliphatic carbocycles. The maximum Gasteiger partial charge on any atom is 0.203 e. The van der Waals surface area contributed by atoms with E-state index in [0.717, 1.165) is 37.6 Å². The lowest BCUT2D eigenvalue weighted by molar-refractivity contribution is 0.104. The van der Waals surface area contributed by atoms with Crippen molar-refractivity contribution >= 4 is 17.5 Å². The van der Waals surface area contributed by atoms with Crippen molar-refractivity contribution in [3.05, 3.63) is 53.6 Å². The number of carbonyl (C=O) groups is 1. The first-order valence-corrected chi connectivity index (χ1v) is 9.11. The third-order valence-corrected chi connectivity index (χ3v) is 4.64. The zero-order valence-electron chi connectivity index (χ0n) is 16.4. The van der Waals surface area contributed by atoms with Gasteiger partial charge in [0.05, 0.1) is 34.5 Å². The quantitative estimate of drug-likeness (QED) is 0.539. The second-order valence-corrected chi connectivity index (χ2v) is 6.30. The molecule has 0 spiro atoms. The number of morpholine rings is 1. The summed E-state index contributed by atoms with van der Waals surface area (Å²) in [5, 5.41) is 0. The summed E-state index contributed by atoms with van der Waals surface area (Å²) >= 11 is 0. The fourth-order valence-electron chi connectivity index (χ4n) is 3.12. The van der Waals surface area contributed by atoms with E-state index in [-0.39, 0.29) is 5.78 Å². The van der Waals surface area contributed by atoms with Crippen LogP contribution in [0.25, 0.3) is 6.08 Å². The van der Waals surface area contributed by atoms with Crippen LogP contribution in [0.4, 0.5) is 5.69 Å². The van der Waals surface area contributed by atoms with Gasteiger partial charge in [0.25, 0.3) is 0 Å². The Balaban J connectivity index is 1.74. The Morgan fingerprint density at radius 2 is 1.57 bits per heavy atom. The van der Waals surface area contributed by atoms with Gasteiger partial charge in [-0.05, 0) is 48.0 Å². The number of methoxy groups -OCH3 is 3. The molecule has 2 aromatic rings. The third kappa shape index (κ3) is 4.46. The van der Waals surface area contributed by atoms with Gasteiger partial charge in [0.15, 0.2) is 17.3 Å². The van der Waals surface area contributed by atoms with Gasteiger partial charge in [-0.1, -0.05) is 6.08 Å². The molecule has 6 heteroatoms. The molecule has 1 aliphatic rings. The zero-order valence-corrected chi connectivity index (χ0v) is 16.4. The van der Waals surface area contributed by atoms with Crippen LogP contribution in [0.1, 0.15) is 15.9 Å². The molecule has 0 bridgehead atoms. The van der Waals surface area contributed by atoms with Crippen molar-refractivity contribution in [2.24, 2.45) is 0 Å². The highest BCUT2D eigenvalue weighted by atomic mass is 16.5. The summed E-state index contributed by atoms with van der Waals surface area (Å²) in [4.78, 5) is 14.8. The molecular weight excluding hydrogens is 358 g/mol. The van der Waals surface area contributed by atoms with E-state index in [1.807, 2.05) is 24.3 Å². The predicted octanol–water partition coefficient (Wildman–Crippen LogP) is 3.45. The molecule has 6 nitrogen and oxygen atoms in total. The molecule has 0 unspecified atom stereocenters. The van der Waals surface area contributed by atoms with Crippen molar-refractivity contribution < 1.29 is 23.7 Å². The van der Waals surface area contributed by atoms with Crippen LogP contribution >= 0.6 is 0 Å². The Labute approximate surface area is 165 Å². The number of anilines is 1. The number of ether oxygens (including phenoxy) is 4. The normalized spacial score (nSPS) is 14.2. The van der Waals surface area contributed by atoms with Crippen LogP contribution < -0.4 is 19.1 Å². The zero-order chi connectivity index (χ0) is 19.9. The SMILES string of the molecule is COc1cc(/C=C/C(=O)c2ccc(N3CCOCC3)cc2)cc(OC)c1OC. The number of ketones is 1. The summed E-state index contributed by atoms with van der Waals surface area (Å²) < 4.78 is 21.4. The molecule has 0 N–H and O–H groups in total. The molecule has 0 radical (unpaired) electrons. The Morgan fingerprint density at radius 3 is 2.11 bits per heavy atom. The van der Waals surface area contributed by atoms with Crippen molar-refractivity contribution in [1.29, 1.82) is 0 Å². The van der Waals surface area contributed by atoms with Crippen molar-refractivity contribution in [3.63, 3.8) is 0 Å². The van der Waals surface area contributed by atoms with Crippen molar-refractivity contribution in [3.8, 4) is 17.2 Å². The van der Waals surface area contributed by atoms with Gasteiger partial charge < -0.3 is 23.8 Å². The molecular formula is C22H25NO5. The second kappa shape index (κ2) is 9.28. The lowest BCUT2D eigenvalue weighted by Gasteiger charge is -2.28. The maximum absolute atomic E-state index is 12.5. The molecule has 0 amide bonds. The van der Waals surface area contributed by atoms with E-state index >= 15 is 0 Å². The monoisotopic (exact) mass is 383 g/mol. The van der Waals surface area contributed by atoms with E-state index in [9.17, 15) is 4.79 Å². The van der Waals surface area contributed by atoms with Crippen molar-refractivity contribution in [2.45, 2.75) is 0 Å². The summed E-state index contributed by atoms with van der Waals surface area (Å²) in [5.41, 5.74) is 2.53. The van der Waals surface area contributed by atoms with Crippen LogP contribution in [0, 0.1) is 0 Å². The Hall–Kier alpha value is -2.99. The van der Waals surface area contributed by atoms with Crippen molar-refractivity contribution in [1.82, 2.24) is 0 Å². The molecule has 1 saturated heterocycles. The molecule has 0 atom stereocenters. The van der Waals surface area contributed by atoms with E-state index in [4.69, 9.17) is 18.9 Å². The van der Waals surface area contributed by atoms with E-state index in [1.165, 1.54) is 0 Å². The molecule has 2 aromatic carbocycles. The number of allylic oxidation sites excluding steroid dienone is 1. The third-order valence-electron chi connectivity index (χ3n) is 4.64. The molecule has 1 fully saturated rings. The molecule has 148 valence electrons. The topological polar surface area (TPSA) is 57.2 Å². The first-order valence-electron chi connectivity index (χ1n) is 9.11. The minimum Gasteiger partial charge on any atom is -0.493 e. The molecule has 0 saturated carbocycles. The number of hydrogen-bond acceptors (Lipinski definition) is 6.